The fourth-order valence-electron chi connectivity index (χ4n) is 3.61. The molecule has 6 nitrogen and oxygen atoms in total. The summed E-state index contributed by atoms with van der Waals surface area (Å²) < 4.78 is 5.33. The molecule has 2 N–H and O–H groups in total. The van der Waals surface area contributed by atoms with E-state index in [0.29, 0.717) is 12.4 Å². The number of hydrogen-bond donors (Lipinski definition) is 2. The summed E-state index contributed by atoms with van der Waals surface area (Å²) in [4.78, 5) is 13.8. The maximum absolute atomic E-state index is 5.33. The van der Waals surface area contributed by atoms with Crippen molar-refractivity contribution in [3.8, 4) is 17.1 Å². The summed E-state index contributed by atoms with van der Waals surface area (Å²) in [5, 5.41) is 7.85. The largest absolute Gasteiger partial charge is 0.497 e. The Morgan fingerprint density at radius 3 is 2.45 bits per heavy atom. The predicted octanol–water partition coefficient (Wildman–Crippen LogP) is 6.06. The summed E-state index contributed by atoms with van der Waals surface area (Å²) >= 11 is 0. The molecule has 0 atom stereocenters. The minimum Gasteiger partial charge on any atom is -0.497 e. The molecular formula is C27H23N5O. The number of nitrogens with zero attached hydrogens (tertiary/aromatic N) is 3. The number of fused-ring (bicyclic) bond motifs is 1. The van der Waals surface area contributed by atoms with Gasteiger partial charge in [0.2, 0.25) is 0 Å². The van der Waals surface area contributed by atoms with Crippen molar-refractivity contribution >= 4 is 28.1 Å². The molecule has 0 amide bonds. The molecule has 0 fully saturated rings. The third-order valence-electron chi connectivity index (χ3n) is 5.30. The monoisotopic (exact) mass is 433 g/mol. The second-order valence-electron chi connectivity index (χ2n) is 7.56. The molecule has 162 valence electrons. The van der Waals surface area contributed by atoms with E-state index in [9.17, 15) is 0 Å². The van der Waals surface area contributed by atoms with Crippen molar-refractivity contribution in [1.29, 1.82) is 0 Å². The number of benzene rings is 3. The Balaban J connectivity index is 1.50. The number of aromatic nitrogens is 3. The lowest BCUT2D eigenvalue weighted by atomic mass is 10.1. The van der Waals surface area contributed by atoms with E-state index in [-0.39, 0.29) is 0 Å². The topological polar surface area (TPSA) is 72.0 Å². The highest BCUT2D eigenvalue weighted by Crippen LogP contribution is 2.29. The van der Waals surface area contributed by atoms with Crippen LogP contribution in [0.2, 0.25) is 0 Å². The Kier molecular flexibility index (Phi) is 5.80. The van der Waals surface area contributed by atoms with Crippen molar-refractivity contribution in [3.05, 3.63) is 103 Å². The van der Waals surface area contributed by atoms with Crippen LogP contribution >= 0.6 is 0 Å². The van der Waals surface area contributed by atoms with E-state index in [0.717, 1.165) is 45.0 Å². The Bertz CT molecular complexity index is 1370. The van der Waals surface area contributed by atoms with Gasteiger partial charge in [0, 0.05) is 41.3 Å². The van der Waals surface area contributed by atoms with Crippen LogP contribution in [0, 0.1) is 0 Å². The molecule has 3 aromatic carbocycles. The Morgan fingerprint density at radius 2 is 1.64 bits per heavy atom. The molecule has 0 radical (unpaired) electrons. The number of hydrogen-bond acceptors (Lipinski definition) is 6. The highest BCUT2D eigenvalue weighted by molar-refractivity contribution is 5.94. The van der Waals surface area contributed by atoms with Crippen LogP contribution in [0.5, 0.6) is 5.75 Å². The lowest BCUT2D eigenvalue weighted by Crippen LogP contribution is -2.02. The number of ether oxygens (including phenoxy) is 1. The molecule has 2 heterocycles. The van der Waals surface area contributed by atoms with Gasteiger partial charge >= 0.3 is 0 Å². The lowest BCUT2D eigenvalue weighted by molar-refractivity contribution is 0.414. The summed E-state index contributed by atoms with van der Waals surface area (Å²) in [6.07, 6.45) is 3.51. The standard InChI is InChI=1S/C27H23N5O/c1-33-23-9-5-6-19(16-23)18-29-22-10-11-24-25(17-22)31-26(20-7-3-2-4-8-20)32-27(24)30-21-12-14-28-15-13-21/h2-17,29H,18H2,1H3,(H,28,30,31,32). The molecule has 33 heavy (non-hydrogen) atoms. The van der Waals surface area contributed by atoms with Crippen LogP contribution in [0.15, 0.2) is 97.3 Å². The van der Waals surface area contributed by atoms with Crippen LogP contribution in [0.3, 0.4) is 0 Å². The van der Waals surface area contributed by atoms with Gasteiger partial charge < -0.3 is 15.4 Å². The van der Waals surface area contributed by atoms with Gasteiger partial charge in [-0.3, -0.25) is 4.98 Å². The molecule has 2 aromatic heterocycles. The molecule has 5 aromatic rings. The molecule has 0 spiro atoms. The highest BCUT2D eigenvalue weighted by Gasteiger charge is 2.11. The smallest absolute Gasteiger partial charge is 0.162 e. The average molecular weight is 434 g/mol. The summed E-state index contributed by atoms with van der Waals surface area (Å²) in [5.41, 5.74) is 4.87. The van der Waals surface area contributed by atoms with Crippen molar-refractivity contribution < 1.29 is 4.74 Å². The molecule has 0 saturated carbocycles. The van der Waals surface area contributed by atoms with Gasteiger partial charge in [-0.2, -0.15) is 0 Å². The van der Waals surface area contributed by atoms with E-state index < -0.39 is 0 Å². The fraction of sp³-hybridized carbons (Fsp3) is 0.0741. The zero-order valence-corrected chi connectivity index (χ0v) is 18.2. The first-order chi connectivity index (χ1) is 16.3. The molecule has 0 unspecified atom stereocenters. The van der Waals surface area contributed by atoms with E-state index in [1.807, 2.05) is 72.8 Å². The SMILES string of the molecule is COc1cccc(CNc2ccc3c(Nc4ccncc4)nc(-c4ccccc4)nc3c2)c1. The number of nitrogens with one attached hydrogen (secondary N) is 2. The highest BCUT2D eigenvalue weighted by atomic mass is 16.5. The van der Waals surface area contributed by atoms with E-state index >= 15 is 0 Å². The second-order valence-corrected chi connectivity index (χ2v) is 7.56. The molecule has 6 heteroatoms. The maximum Gasteiger partial charge on any atom is 0.162 e. The van der Waals surface area contributed by atoms with Crippen LogP contribution in [0.1, 0.15) is 5.56 Å². The molecule has 0 saturated heterocycles. The third-order valence-corrected chi connectivity index (χ3v) is 5.30. The first kappa shape index (κ1) is 20.5. The van der Waals surface area contributed by atoms with Crippen LogP contribution in [0.25, 0.3) is 22.3 Å². The fourth-order valence-corrected chi connectivity index (χ4v) is 3.61. The van der Waals surface area contributed by atoms with Crippen molar-refractivity contribution in [2.45, 2.75) is 6.54 Å². The van der Waals surface area contributed by atoms with Gasteiger partial charge in [0.1, 0.15) is 11.6 Å². The van der Waals surface area contributed by atoms with Gasteiger partial charge in [0.25, 0.3) is 0 Å². The lowest BCUT2D eigenvalue weighted by Gasteiger charge is -2.13. The number of pyridine rings is 1. The Labute approximate surface area is 192 Å². The van der Waals surface area contributed by atoms with Gasteiger partial charge in [-0.25, -0.2) is 9.97 Å². The quantitative estimate of drug-likeness (QED) is 0.325. The van der Waals surface area contributed by atoms with E-state index in [1.54, 1.807) is 19.5 Å². The van der Waals surface area contributed by atoms with Gasteiger partial charge in [0.15, 0.2) is 5.82 Å². The summed E-state index contributed by atoms with van der Waals surface area (Å²) in [7, 11) is 1.68. The molecule has 0 aliphatic carbocycles. The minimum absolute atomic E-state index is 0.671. The molecule has 5 rings (SSSR count). The van der Waals surface area contributed by atoms with Crippen molar-refractivity contribution in [1.82, 2.24) is 15.0 Å². The zero-order chi connectivity index (χ0) is 22.5. The second kappa shape index (κ2) is 9.36. The molecule has 0 aliphatic rings. The zero-order valence-electron chi connectivity index (χ0n) is 18.2. The average Bonchev–Trinajstić information content (AvgIpc) is 2.88. The van der Waals surface area contributed by atoms with Crippen molar-refractivity contribution in [3.63, 3.8) is 0 Å². The van der Waals surface area contributed by atoms with E-state index in [2.05, 4.69) is 27.8 Å². The molecule has 0 bridgehead atoms. The van der Waals surface area contributed by atoms with Crippen LogP contribution in [-0.2, 0) is 6.54 Å². The van der Waals surface area contributed by atoms with E-state index in [1.165, 1.54) is 0 Å². The third kappa shape index (κ3) is 4.75. The maximum atomic E-state index is 5.33. The van der Waals surface area contributed by atoms with Gasteiger partial charge in [-0.15, -0.1) is 0 Å². The molecular weight excluding hydrogens is 410 g/mol. The van der Waals surface area contributed by atoms with Crippen LogP contribution < -0.4 is 15.4 Å². The first-order valence-electron chi connectivity index (χ1n) is 10.7. The van der Waals surface area contributed by atoms with Gasteiger partial charge in [-0.05, 0) is 48.0 Å². The first-order valence-corrected chi connectivity index (χ1v) is 10.7. The number of methoxy groups -OCH3 is 1. The summed E-state index contributed by atoms with van der Waals surface area (Å²) in [6.45, 7) is 0.682. The predicted molar refractivity (Wildman–Crippen MR) is 133 cm³/mol. The van der Waals surface area contributed by atoms with Gasteiger partial charge in [-0.1, -0.05) is 42.5 Å². The summed E-state index contributed by atoms with van der Waals surface area (Å²) in [5.74, 6) is 2.27. The molecule has 0 aliphatic heterocycles. The number of anilines is 3. The summed E-state index contributed by atoms with van der Waals surface area (Å²) in [6, 6.07) is 28.0. The van der Waals surface area contributed by atoms with Crippen molar-refractivity contribution in [2.75, 3.05) is 17.7 Å². The Hall–Kier alpha value is -4.45. The minimum atomic E-state index is 0.671. The normalized spacial score (nSPS) is 10.7. The van der Waals surface area contributed by atoms with Crippen LogP contribution in [0.4, 0.5) is 17.2 Å². The van der Waals surface area contributed by atoms with Crippen LogP contribution in [-0.4, -0.2) is 22.1 Å². The number of rotatable bonds is 7. The van der Waals surface area contributed by atoms with Gasteiger partial charge in [0.05, 0.1) is 12.6 Å². The van der Waals surface area contributed by atoms with E-state index in [4.69, 9.17) is 14.7 Å². The Morgan fingerprint density at radius 1 is 0.788 bits per heavy atom. The van der Waals surface area contributed by atoms with Crippen molar-refractivity contribution in [2.24, 2.45) is 0 Å².